The SMILES string of the molecule is c1ccc(-c2nc(-c3cccc(-c4cc5c6ccccc6n6c7sccc7c(c4)c56)c3)cc(-c3cccc(-n4c5ccccc5c5ccccc54)c3)n2)cc1. The molecule has 0 aliphatic carbocycles. The van der Waals surface area contributed by atoms with Crippen molar-refractivity contribution in [2.45, 2.75) is 0 Å². The second kappa shape index (κ2) is 11.7. The Bertz CT molecular complexity index is 3390. The largest absolute Gasteiger partial charge is 0.309 e. The van der Waals surface area contributed by atoms with Gasteiger partial charge in [0.15, 0.2) is 5.82 Å². The maximum absolute atomic E-state index is 5.22. The molecule has 0 fully saturated rings. The third kappa shape index (κ3) is 4.57. The number of rotatable bonds is 5. The molecule has 12 rings (SSSR count). The Kier molecular flexibility index (Phi) is 6.47. The highest BCUT2D eigenvalue weighted by Crippen LogP contribution is 2.43. The van der Waals surface area contributed by atoms with Gasteiger partial charge in [0.25, 0.3) is 0 Å². The van der Waals surface area contributed by atoms with E-state index in [1.807, 2.05) is 29.5 Å². The Hall–Kier alpha value is -7.08. The molecule has 7 aromatic carbocycles. The molecule has 256 valence electrons. The third-order valence-electron chi connectivity index (χ3n) is 11.1. The lowest BCUT2D eigenvalue weighted by atomic mass is 9.97. The van der Waals surface area contributed by atoms with Gasteiger partial charge in [0, 0.05) is 54.7 Å². The first-order valence-corrected chi connectivity index (χ1v) is 19.4. The molecule has 5 heterocycles. The predicted octanol–water partition coefficient (Wildman–Crippen LogP) is 13.5. The Morgan fingerprint density at radius 2 is 0.945 bits per heavy atom. The summed E-state index contributed by atoms with van der Waals surface area (Å²) in [5.41, 5.74) is 13.2. The third-order valence-corrected chi connectivity index (χ3v) is 12.0. The lowest BCUT2D eigenvalue weighted by Crippen LogP contribution is -1.98. The topological polar surface area (TPSA) is 35.1 Å². The number of nitrogens with zero attached hydrogens (tertiary/aromatic N) is 4. The van der Waals surface area contributed by atoms with Crippen LogP contribution in [0.15, 0.2) is 181 Å². The van der Waals surface area contributed by atoms with Crippen LogP contribution in [-0.4, -0.2) is 18.9 Å². The fourth-order valence-electron chi connectivity index (χ4n) is 8.68. The second-order valence-electron chi connectivity index (χ2n) is 14.2. The van der Waals surface area contributed by atoms with Crippen molar-refractivity contribution >= 4 is 70.6 Å². The van der Waals surface area contributed by atoms with Crippen LogP contribution in [-0.2, 0) is 0 Å². The molecule has 0 radical (unpaired) electrons. The Labute approximate surface area is 320 Å². The summed E-state index contributed by atoms with van der Waals surface area (Å²) < 4.78 is 4.81. The van der Waals surface area contributed by atoms with Gasteiger partial charge in [-0.15, -0.1) is 11.3 Å². The number of hydrogen-bond acceptors (Lipinski definition) is 3. The Morgan fingerprint density at radius 1 is 0.382 bits per heavy atom. The molecule has 0 aliphatic rings. The van der Waals surface area contributed by atoms with Gasteiger partial charge in [-0.1, -0.05) is 115 Å². The summed E-state index contributed by atoms with van der Waals surface area (Å²) in [6.07, 6.45) is 0. The van der Waals surface area contributed by atoms with Crippen LogP contribution in [0.4, 0.5) is 0 Å². The molecule has 0 aliphatic heterocycles. The molecule has 0 bridgehead atoms. The van der Waals surface area contributed by atoms with Crippen molar-refractivity contribution in [2.75, 3.05) is 0 Å². The molecule has 55 heavy (non-hydrogen) atoms. The van der Waals surface area contributed by atoms with E-state index in [4.69, 9.17) is 9.97 Å². The van der Waals surface area contributed by atoms with E-state index in [1.165, 1.54) is 64.8 Å². The number of benzene rings is 7. The molecular formula is C50H30N4S. The highest BCUT2D eigenvalue weighted by atomic mass is 32.1. The Balaban J connectivity index is 1.03. The first-order valence-electron chi connectivity index (χ1n) is 18.6. The van der Waals surface area contributed by atoms with Gasteiger partial charge < -0.3 is 4.57 Å². The van der Waals surface area contributed by atoms with Crippen LogP contribution in [0.3, 0.4) is 0 Å². The molecule has 4 nitrogen and oxygen atoms in total. The van der Waals surface area contributed by atoms with E-state index in [9.17, 15) is 0 Å². The van der Waals surface area contributed by atoms with Gasteiger partial charge in [-0.05, 0) is 77.2 Å². The lowest BCUT2D eigenvalue weighted by Gasteiger charge is -2.13. The van der Waals surface area contributed by atoms with E-state index >= 15 is 0 Å². The van der Waals surface area contributed by atoms with Crippen molar-refractivity contribution in [1.29, 1.82) is 0 Å². The maximum Gasteiger partial charge on any atom is 0.160 e. The number of fused-ring (bicyclic) bond motifs is 9. The van der Waals surface area contributed by atoms with E-state index in [0.29, 0.717) is 5.82 Å². The normalized spacial score (nSPS) is 12.0. The summed E-state index contributed by atoms with van der Waals surface area (Å²) >= 11 is 1.81. The minimum absolute atomic E-state index is 0.702. The van der Waals surface area contributed by atoms with E-state index in [-0.39, 0.29) is 0 Å². The highest BCUT2D eigenvalue weighted by Gasteiger charge is 2.20. The molecule has 0 saturated heterocycles. The smallest absolute Gasteiger partial charge is 0.160 e. The predicted molar refractivity (Wildman–Crippen MR) is 231 cm³/mol. The zero-order chi connectivity index (χ0) is 36.0. The molecule has 0 N–H and O–H groups in total. The zero-order valence-corrected chi connectivity index (χ0v) is 30.3. The first-order chi connectivity index (χ1) is 27.3. The van der Waals surface area contributed by atoms with Crippen molar-refractivity contribution in [3.63, 3.8) is 0 Å². The molecule has 12 aromatic rings. The molecule has 0 spiro atoms. The average Bonchev–Trinajstić information content (AvgIpc) is 4.02. The van der Waals surface area contributed by atoms with Crippen LogP contribution in [0.25, 0.3) is 110 Å². The second-order valence-corrected chi connectivity index (χ2v) is 15.1. The number of para-hydroxylation sites is 3. The monoisotopic (exact) mass is 718 g/mol. The van der Waals surface area contributed by atoms with Crippen molar-refractivity contribution in [2.24, 2.45) is 0 Å². The zero-order valence-electron chi connectivity index (χ0n) is 29.5. The molecule has 0 saturated carbocycles. The van der Waals surface area contributed by atoms with Crippen LogP contribution in [0, 0.1) is 0 Å². The summed E-state index contributed by atoms with van der Waals surface area (Å²) in [6, 6.07) is 63.0. The van der Waals surface area contributed by atoms with Crippen LogP contribution in [0.1, 0.15) is 0 Å². The molecule has 5 aromatic heterocycles. The fourth-order valence-corrected chi connectivity index (χ4v) is 9.62. The molecule has 0 amide bonds. The molecule has 0 atom stereocenters. The van der Waals surface area contributed by atoms with Gasteiger partial charge in [0.2, 0.25) is 0 Å². The van der Waals surface area contributed by atoms with Gasteiger partial charge in [-0.25, -0.2) is 9.97 Å². The molecule has 5 heteroatoms. The van der Waals surface area contributed by atoms with Gasteiger partial charge in [0.05, 0.1) is 33.5 Å². The van der Waals surface area contributed by atoms with E-state index in [2.05, 4.69) is 172 Å². The van der Waals surface area contributed by atoms with Gasteiger partial charge in [0.1, 0.15) is 4.83 Å². The summed E-state index contributed by atoms with van der Waals surface area (Å²) in [7, 11) is 0. The van der Waals surface area contributed by atoms with Crippen molar-refractivity contribution < 1.29 is 0 Å². The minimum atomic E-state index is 0.702. The summed E-state index contributed by atoms with van der Waals surface area (Å²) in [4.78, 5) is 11.7. The summed E-state index contributed by atoms with van der Waals surface area (Å²) in [6.45, 7) is 0. The van der Waals surface area contributed by atoms with E-state index in [0.717, 1.165) is 39.3 Å². The van der Waals surface area contributed by atoms with E-state index < -0.39 is 0 Å². The summed E-state index contributed by atoms with van der Waals surface area (Å²) in [5, 5.41) is 9.87. The maximum atomic E-state index is 5.22. The van der Waals surface area contributed by atoms with Crippen molar-refractivity contribution in [3.05, 3.63) is 181 Å². The van der Waals surface area contributed by atoms with Crippen LogP contribution >= 0.6 is 11.3 Å². The van der Waals surface area contributed by atoms with Crippen LogP contribution < -0.4 is 0 Å². The van der Waals surface area contributed by atoms with Gasteiger partial charge in [-0.2, -0.15) is 0 Å². The summed E-state index contributed by atoms with van der Waals surface area (Å²) in [5.74, 6) is 0.702. The standard InChI is InChI=1S/C50H30N4S/c1-2-12-31(13-3-1)49-51-43(30-44(52-49)34-16-11-17-36(27-34)53-45-21-7-4-18-37(45)38-19-5-8-22-46(38)53)33-15-10-14-32(26-33)35-28-41-39-20-6-9-23-47(39)54-48(41)42(29-35)40-24-25-55-50(40)54/h1-30H. The van der Waals surface area contributed by atoms with Crippen LogP contribution in [0.5, 0.6) is 0 Å². The van der Waals surface area contributed by atoms with Gasteiger partial charge in [-0.3, -0.25) is 4.40 Å². The number of thiophene rings is 1. The fraction of sp³-hybridized carbons (Fsp3) is 0. The van der Waals surface area contributed by atoms with Crippen LogP contribution in [0.2, 0.25) is 0 Å². The Morgan fingerprint density at radius 3 is 1.67 bits per heavy atom. The van der Waals surface area contributed by atoms with Crippen molar-refractivity contribution in [3.8, 4) is 50.7 Å². The molecule has 0 unspecified atom stereocenters. The highest BCUT2D eigenvalue weighted by molar-refractivity contribution is 7.17. The van der Waals surface area contributed by atoms with Crippen molar-refractivity contribution in [1.82, 2.24) is 18.9 Å². The minimum Gasteiger partial charge on any atom is -0.309 e. The number of hydrogen-bond donors (Lipinski definition) is 0. The van der Waals surface area contributed by atoms with Gasteiger partial charge >= 0.3 is 0 Å². The first kappa shape index (κ1) is 30.4. The quantitative estimate of drug-likeness (QED) is 0.178. The lowest BCUT2D eigenvalue weighted by molar-refractivity contribution is 1.16. The molecular weight excluding hydrogens is 689 g/mol. The van der Waals surface area contributed by atoms with E-state index in [1.54, 1.807) is 0 Å². The number of aromatic nitrogens is 4. The average molecular weight is 719 g/mol.